The Kier molecular flexibility index (Phi) is 4.45. The minimum Gasteiger partial charge on any atom is -0.473 e. The number of allylic oxidation sites excluding steroid dienone is 1. The summed E-state index contributed by atoms with van der Waals surface area (Å²) in [5, 5.41) is 0. The molecule has 0 N–H and O–H groups in total. The number of aromatic nitrogens is 1. The van der Waals surface area contributed by atoms with Crippen LogP contribution in [-0.4, -0.2) is 11.3 Å². The lowest BCUT2D eigenvalue weighted by Crippen LogP contribution is -1.97. The van der Waals surface area contributed by atoms with Crippen molar-refractivity contribution in [2.75, 3.05) is 0 Å². The fourth-order valence-electron chi connectivity index (χ4n) is 1.57. The fraction of sp³-hybridized carbons (Fsp3) is 0.125. The second-order valence-electron chi connectivity index (χ2n) is 4.20. The van der Waals surface area contributed by atoms with Crippen LogP contribution in [0.3, 0.4) is 0 Å². The van der Waals surface area contributed by atoms with Gasteiger partial charge in [-0.15, -0.1) is 0 Å². The normalized spacial score (nSPS) is 10.6. The predicted octanol–water partition coefficient (Wildman–Crippen LogP) is 3.18. The molecule has 0 saturated carbocycles. The molecule has 2 aromatic rings. The molecule has 0 bridgehead atoms. The summed E-state index contributed by atoms with van der Waals surface area (Å²) in [7, 11) is 0. The van der Waals surface area contributed by atoms with Crippen LogP contribution in [0.4, 0.5) is 0 Å². The van der Waals surface area contributed by atoms with Crippen molar-refractivity contribution in [3.63, 3.8) is 0 Å². The van der Waals surface area contributed by atoms with E-state index in [2.05, 4.69) is 4.98 Å². The van der Waals surface area contributed by atoms with Gasteiger partial charge in [-0.3, -0.25) is 4.79 Å². The number of ether oxygens (including phenoxy) is 1. The third-order valence-corrected chi connectivity index (χ3v) is 2.62. The van der Waals surface area contributed by atoms with Crippen molar-refractivity contribution < 1.29 is 9.53 Å². The average Bonchev–Trinajstić information content (AvgIpc) is 2.46. The molecule has 3 heteroatoms. The Morgan fingerprint density at radius 2 is 1.95 bits per heavy atom. The molecule has 2 rings (SSSR count). The molecule has 1 aromatic heterocycles. The van der Waals surface area contributed by atoms with Crippen LogP contribution >= 0.6 is 0 Å². The molecular formula is C16H15NO2. The molecule has 0 spiro atoms. The number of carbonyl (C=O) groups excluding carboxylic acids is 1. The van der Waals surface area contributed by atoms with Crippen LogP contribution in [0.2, 0.25) is 0 Å². The number of aldehydes is 1. The monoisotopic (exact) mass is 253 g/mol. The number of pyridine rings is 1. The summed E-state index contributed by atoms with van der Waals surface area (Å²) in [5.74, 6) is 0.621. The third kappa shape index (κ3) is 4.07. The molecule has 96 valence electrons. The maximum Gasteiger partial charge on any atom is 0.213 e. The minimum absolute atomic E-state index is 0.480. The second kappa shape index (κ2) is 6.50. The van der Waals surface area contributed by atoms with Crippen molar-refractivity contribution in [2.45, 2.75) is 13.5 Å². The fourth-order valence-corrected chi connectivity index (χ4v) is 1.57. The summed E-state index contributed by atoms with van der Waals surface area (Å²) in [5.41, 5.74) is 3.16. The first-order chi connectivity index (χ1) is 9.28. The predicted molar refractivity (Wildman–Crippen MR) is 74.8 cm³/mol. The lowest BCUT2D eigenvalue weighted by atomic mass is 10.1. The van der Waals surface area contributed by atoms with Crippen molar-refractivity contribution in [1.29, 1.82) is 0 Å². The van der Waals surface area contributed by atoms with Crippen LogP contribution in [0.1, 0.15) is 16.7 Å². The van der Waals surface area contributed by atoms with Gasteiger partial charge in [-0.1, -0.05) is 36.4 Å². The van der Waals surface area contributed by atoms with E-state index in [9.17, 15) is 4.79 Å². The van der Waals surface area contributed by atoms with Gasteiger partial charge >= 0.3 is 0 Å². The van der Waals surface area contributed by atoms with Crippen LogP contribution in [0.25, 0.3) is 6.08 Å². The van der Waals surface area contributed by atoms with Gasteiger partial charge in [0.2, 0.25) is 5.88 Å². The largest absolute Gasteiger partial charge is 0.473 e. The van der Waals surface area contributed by atoms with Crippen LogP contribution in [0.5, 0.6) is 5.88 Å². The maximum atomic E-state index is 10.2. The molecule has 0 unspecified atom stereocenters. The molecule has 3 nitrogen and oxygen atoms in total. The molecule has 0 fully saturated rings. The Hall–Kier alpha value is -2.42. The van der Waals surface area contributed by atoms with Gasteiger partial charge in [0, 0.05) is 12.3 Å². The molecule has 0 saturated heterocycles. The molecule has 0 aliphatic carbocycles. The highest BCUT2D eigenvalue weighted by molar-refractivity contribution is 5.73. The van der Waals surface area contributed by atoms with E-state index in [1.54, 1.807) is 12.3 Å². The van der Waals surface area contributed by atoms with Crippen molar-refractivity contribution in [3.8, 4) is 5.88 Å². The Bertz CT molecular complexity index is 556. The zero-order chi connectivity index (χ0) is 13.5. The lowest BCUT2D eigenvalue weighted by Gasteiger charge is -2.05. The van der Waals surface area contributed by atoms with Crippen LogP contribution in [-0.2, 0) is 11.4 Å². The quantitative estimate of drug-likeness (QED) is 0.607. The summed E-state index contributed by atoms with van der Waals surface area (Å²) in [6, 6.07) is 11.7. The van der Waals surface area contributed by atoms with Gasteiger partial charge in [0.15, 0.2) is 0 Å². The van der Waals surface area contributed by atoms with E-state index in [4.69, 9.17) is 4.74 Å². The number of nitrogens with zero attached hydrogens (tertiary/aromatic N) is 1. The van der Waals surface area contributed by atoms with Crippen molar-refractivity contribution >= 4 is 12.4 Å². The summed E-state index contributed by atoms with van der Waals surface area (Å²) in [6.45, 7) is 2.47. The van der Waals surface area contributed by atoms with Crippen molar-refractivity contribution in [2.24, 2.45) is 0 Å². The molecule has 0 amide bonds. The van der Waals surface area contributed by atoms with E-state index in [1.165, 1.54) is 6.08 Å². The molecule has 19 heavy (non-hydrogen) atoms. The number of aryl methyl sites for hydroxylation is 1. The Labute approximate surface area is 112 Å². The molecule has 0 atom stereocenters. The molecular weight excluding hydrogens is 238 g/mol. The summed E-state index contributed by atoms with van der Waals surface area (Å²) >= 11 is 0. The van der Waals surface area contributed by atoms with E-state index in [1.807, 2.05) is 43.3 Å². The van der Waals surface area contributed by atoms with Gasteiger partial charge in [0.25, 0.3) is 0 Å². The number of carbonyl (C=O) groups is 1. The van der Waals surface area contributed by atoms with Crippen LogP contribution in [0, 0.1) is 6.92 Å². The van der Waals surface area contributed by atoms with Crippen LogP contribution in [0.15, 0.2) is 48.7 Å². The Morgan fingerprint density at radius 1 is 1.16 bits per heavy atom. The lowest BCUT2D eigenvalue weighted by molar-refractivity contribution is -0.104. The molecule has 1 aromatic carbocycles. The van der Waals surface area contributed by atoms with Crippen LogP contribution < -0.4 is 4.74 Å². The van der Waals surface area contributed by atoms with E-state index < -0.39 is 0 Å². The molecule has 0 aliphatic rings. The smallest absolute Gasteiger partial charge is 0.213 e. The number of hydrogen-bond acceptors (Lipinski definition) is 3. The topological polar surface area (TPSA) is 39.2 Å². The standard InChI is InChI=1S/C16H15NO2/c1-13-4-9-16(17-11-13)19-12-15-7-5-14(6-8-15)3-2-10-18/h2-11H,12H2,1H3/b3-2+. The highest BCUT2D eigenvalue weighted by Crippen LogP contribution is 2.11. The average molecular weight is 253 g/mol. The van der Waals surface area contributed by atoms with Gasteiger partial charge in [-0.25, -0.2) is 4.98 Å². The molecule has 0 aliphatic heterocycles. The zero-order valence-corrected chi connectivity index (χ0v) is 10.7. The van der Waals surface area contributed by atoms with Gasteiger partial charge in [0.05, 0.1) is 0 Å². The number of rotatable bonds is 5. The summed E-state index contributed by atoms with van der Waals surface area (Å²) in [6.07, 6.45) is 5.78. The van der Waals surface area contributed by atoms with E-state index in [0.717, 1.165) is 23.0 Å². The Morgan fingerprint density at radius 3 is 2.58 bits per heavy atom. The van der Waals surface area contributed by atoms with E-state index in [-0.39, 0.29) is 0 Å². The first kappa shape index (κ1) is 13.0. The van der Waals surface area contributed by atoms with Gasteiger partial charge in [0.1, 0.15) is 12.9 Å². The number of benzene rings is 1. The summed E-state index contributed by atoms with van der Waals surface area (Å²) < 4.78 is 5.58. The highest BCUT2D eigenvalue weighted by Gasteiger charge is 1.97. The van der Waals surface area contributed by atoms with Gasteiger partial charge in [-0.2, -0.15) is 0 Å². The first-order valence-electron chi connectivity index (χ1n) is 6.04. The van der Waals surface area contributed by atoms with E-state index >= 15 is 0 Å². The molecule has 0 radical (unpaired) electrons. The van der Waals surface area contributed by atoms with E-state index in [0.29, 0.717) is 12.5 Å². The van der Waals surface area contributed by atoms with Gasteiger partial charge in [-0.05, 0) is 29.7 Å². The number of hydrogen-bond donors (Lipinski definition) is 0. The van der Waals surface area contributed by atoms with Gasteiger partial charge < -0.3 is 4.74 Å². The minimum atomic E-state index is 0.480. The van der Waals surface area contributed by atoms with Crippen molar-refractivity contribution in [1.82, 2.24) is 4.98 Å². The SMILES string of the molecule is Cc1ccc(OCc2ccc(/C=C/C=O)cc2)nc1. The highest BCUT2D eigenvalue weighted by atomic mass is 16.5. The van der Waals surface area contributed by atoms with Crippen molar-refractivity contribution in [3.05, 3.63) is 65.4 Å². The summed E-state index contributed by atoms with van der Waals surface area (Å²) in [4.78, 5) is 14.4. The third-order valence-electron chi connectivity index (χ3n) is 2.62. The molecule has 1 heterocycles. The Balaban J connectivity index is 1.94. The second-order valence-corrected chi connectivity index (χ2v) is 4.20. The zero-order valence-electron chi connectivity index (χ0n) is 10.7. The first-order valence-corrected chi connectivity index (χ1v) is 6.04. The maximum absolute atomic E-state index is 10.2.